The van der Waals surface area contributed by atoms with E-state index >= 15 is 0 Å². The van der Waals surface area contributed by atoms with E-state index in [2.05, 4.69) is 147 Å². The Hall–Kier alpha value is -1.94. The third-order valence-electron chi connectivity index (χ3n) is 5.64. The van der Waals surface area contributed by atoms with E-state index in [0.29, 0.717) is 0 Å². The van der Waals surface area contributed by atoms with E-state index in [1.165, 1.54) is 33.5 Å². The molecular weight excluding hydrogens is 576 g/mol. The van der Waals surface area contributed by atoms with Crippen LogP contribution >= 0.6 is 15.8 Å². The van der Waals surface area contributed by atoms with E-state index in [4.69, 9.17) is 4.79 Å². The molecule has 0 aliphatic rings. The fraction of sp³-hybridized carbons (Fsp3) is 0.194. The molecule has 3 radical (unpaired) electrons. The molecule has 0 aliphatic carbocycles. The van der Waals surface area contributed by atoms with Crippen molar-refractivity contribution in [2.75, 3.05) is 25.4 Å². The first-order chi connectivity index (χ1) is 17.3. The van der Waals surface area contributed by atoms with Gasteiger partial charge in [-0.05, 0) is 62.0 Å². The molecular formula is C31H41BNOP2Ru+3. The first-order valence-corrected chi connectivity index (χ1v) is 15.6. The van der Waals surface area contributed by atoms with Crippen molar-refractivity contribution in [3.8, 4) is 0 Å². The second-order valence-electron chi connectivity index (χ2n) is 7.88. The Bertz CT molecular complexity index is 971. The summed E-state index contributed by atoms with van der Waals surface area (Å²) in [5, 5.41) is 9.48. The molecule has 0 amide bonds. The zero-order chi connectivity index (χ0) is 25.1. The summed E-state index contributed by atoms with van der Waals surface area (Å²) in [7, 11) is -1.17. The third-order valence-corrected chi connectivity index (χ3v) is 11.2. The van der Waals surface area contributed by atoms with Gasteiger partial charge in [-0.25, -0.2) is 0 Å². The van der Waals surface area contributed by atoms with Gasteiger partial charge in [-0.2, -0.15) is 0 Å². The number of hydrogen-bond acceptors (Lipinski definition) is 2. The molecule has 0 aliphatic heterocycles. The average molecular weight is 618 g/mol. The molecule has 4 rings (SSSR count). The van der Waals surface area contributed by atoms with Crippen LogP contribution in [0.4, 0.5) is 0 Å². The van der Waals surface area contributed by atoms with Crippen molar-refractivity contribution < 1.29 is 25.7 Å². The van der Waals surface area contributed by atoms with Crippen LogP contribution in [0, 0.1) is 0 Å². The Kier molecular flexibility index (Phi) is 20.9. The predicted molar refractivity (Wildman–Crippen MR) is 171 cm³/mol. The van der Waals surface area contributed by atoms with Crippen molar-refractivity contribution in [2.24, 2.45) is 0 Å². The van der Waals surface area contributed by atoms with Gasteiger partial charge in [0.2, 0.25) is 0 Å². The van der Waals surface area contributed by atoms with Gasteiger partial charge in [-0.1, -0.05) is 79.7 Å². The van der Waals surface area contributed by atoms with Gasteiger partial charge in [0, 0.05) is 16.4 Å². The molecule has 4 aromatic carbocycles. The Labute approximate surface area is 243 Å². The van der Waals surface area contributed by atoms with E-state index in [9.17, 15) is 0 Å². The van der Waals surface area contributed by atoms with Gasteiger partial charge >= 0.3 is 19.5 Å². The standard InChI is InChI=1S/C16H20NP.C14H15P.CHO.B.Ru.H2.H/c1-2-17-13-14-18(15-9-5-3-6-10-15)16-11-7-4-8-12-16;1-2-15(13-9-5-3-6-10-13)14-11-7-4-8-12-14;1-2;;;;/h3-12,17H,2,13-14H2,1H3;3-12H,2H2,1H3;1H;;;1H;/q;;-1;;+2;;/p+2. The quantitative estimate of drug-likeness (QED) is 0.0975. The van der Waals surface area contributed by atoms with Crippen LogP contribution in [0.3, 0.4) is 0 Å². The summed E-state index contributed by atoms with van der Waals surface area (Å²) in [6, 6.07) is 43.6. The molecule has 0 bridgehead atoms. The zero-order valence-corrected chi connectivity index (χ0v) is 25.7. The number of benzene rings is 4. The molecule has 37 heavy (non-hydrogen) atoms. The molecule has 0 fully saturated rings. The molecule has 0 saturated carbocycles. The van der Waals surface area contributed by atoms with Crippen LogP contribution in [0.25, 0.3) is 0 Å². The van der Waals surface area contributed by atoms with Crippen molar-refractivity contribution in [1.29, 1.82) is 0 Å². The fourth-order valence-corrected chi connectivity index (χ4v) is 8.84. The molecule has 0 aromatic heterocycles. The van der Waals surface area contributed by atoms with Crippen LogP contribution in [0.1, 0.15) is 15.3 Å². The van der Waals surface area contributed by atoms with Crippen molar-refractivity contribution >= 4 is 52.3 Å². The van der Waals surface area contributed by atoms with E-state index in [-0.39, 0.29) is 29.3 Å². The van der Waals surface area contributed by atoms with Gasteiger partial charge in [-0.3, -0.25) is 6.79 Å². The van der Waals surface area contributed by atoms with Crippen LogP contribution in [-0.4, -0.2) is 40.6 Å². The Morgan fingerprint density at radius 1 is 0.595 bits per heavy atom. The normalized spacial score (nSPS) is 9.62. The summed E-state index contributed by atoms with van der Waals surface area (Å²) < 4.78 is 0. The second-order valence-corrected chi connectivity index (χ2v) is 13.3. The first kappa shape index (κ1) is 35.1. The minimum atomic E-state index is -0.635. The molecule has 6 heteroatoms. The van der Waals surface area contributed by atoms with Gasteiger partial charge in [0.25, 0.3) is 0 Å². The van der Waals surface area contributed by atoms with Crippen LogP contribution in [0.5, 0.6) is 0 Å². The number of hydrogen-bond donors (Lipinski definition) is 1. The van der Waals surface area contributed by atoms with E-state index in [1.807, 2.05) is 0 Å². The van der Waals surface area contributed by atoms with Gasteiger partial charge in [0.1, 0.15) is 0 Å². The third kappa shape index (κ3) is 12.4. The van der Waals surface area contributed by atoms with Crippen molar-refractivity contribution in [2.45, 2.75) is 13.8 Å². The molecule has 0 atom stereocenters. The van der Waals surface area contributed by atoms with Crippen LogP contribution in [0.2, 0.25) is 0 Å². The van der Waals surface area contributed by atoms with Crippen LogP contribution in [0.15, 0.2) is 121 Å². The van der Waals surface area contributed by atoms with Crippen molar-refractivity contribution in [3.63, 3.8) is 0 Å². The molecule has 0 saturated heterocycles. The monoisotopic (exact) mass is 618 g/mol. The van der Waals surface area contributed by atoms with E-state index in [0.717, 1.165) is 13.1 Å². The van der Waals surface area contributed by atoms with E-state index in [1.54, 1.807) is 0 Å². The molecule has 194 valence electrons. The molecule has 2 nitrogen and oxygen atoms in total. The maximum absolute atomic E-state index is 7.75. The molecule has 0 unspecified atom stereocenters. The van der Waals surface area contributed by atoms with Gasteiger partial charge in [0.15, 0.2) is 0 Å². The summed E-state index contributed by atoms with van der Waals surface area (Å²) in [6.45, 7) is 9.86. The Balaban J connectivity index is 0. The summed E-state index contributed by atoms with van der Waals surface area (Å²) in [6.07, 6.45) is 2.49. The Morgan fingerprint density at radius 2 is 0.892 bits per heavy atom. The average Bonchev–Trinajstić information content (AvgIpc) is 2.95. The van der Waals surface area contributed by atoms with E-state index < -0.39 is 15.8 Å². The van der Waals surface area contributed by atoms with Crippen molar-refractivity contribution in [1.82, 2.24) is 5.32 Å². The molecule has 4 aromatic rings. The van der Waals surface area contributed by atoms with Crippen molar-refractivity contribution in [3.05, 3.63) is 121 Å². The number of nitrogens with one attached hydrogen (secondary N) is 1. The summed E-state index contributed by atoms with van der Waals surface area (Å²) in [5.41, 5.74) is 0. The van der Waals surface area contributed by atoms with Crippen LogP contribution in [-0.2, 0) is 24.3 Å². The fourth-order valence-electron chi connectivity index (χ4n) is 3.98. The van der Waals surface area contributed by atoms with Crippen LogP contribution < -0.4 is 26.5 Å². The molecule has 0 heterocycles. The van der Waals surface area contributed by atoms with Gasteiger partial charge in [-0.15, -0.1) is 0 Å². The summed E-state index contributed by atoms with van der Waals surface area (Å²) >= 11 is 0. The number of carbonyl (C=O) groups excluding carboxylic acids is 1. The predicted octanol–water partition coefficient (Wildman–Crippen LogP) is 4.65. The first-order valence-electron chi connectivity index (χ1n) is 12.2. The molecule has 1 N–H and O–H groups in total. The minimum absolute atomic E-state index is 0. The SMILES string of the molecule is CCNCC[PH+](c1ccccc1)c1ccccc1.CC[PH+](c1ccccc1)c1ccccc1.[B].[CH-]=O.[HH].[RuH+2]. The zero-order valence-electron chi connectivity index (χ0n) is 21.8. The second kappa shape index (κ2) is 22.1. The van der Waals surface area contributed by atoms with Gasteiger partial charge in [0.05, 0.1) is 49.4 Å². The topological polar surface area (TPSA) is 29.1 Å². The number of rotatable bonds is 9. The molecule has 0 spiro atoms. The Morgan fingerprint density at radius 3 is 1.16 bits per heavy atom. The maximum atomic E-state index is 7.75. The van der Waals surface area contributed by atoms with Gasteiger partial charge < -0.3 is 10.1 Å². The summed E-state index contributed by atoms with van der Waals surface area (Å²) in [4.78, 5) is 7.75. The summed E-state index contributed by atoms with van der Waals surface area (Å²) in [5.74, 6) is 0.